The zero-order chi connectivity index (χ0) is 12.6. The van der Waals surface area contributed by atoms with Crippen LogP contribution < -0.4 is 11.2 Å². The van der Waals surface area contributed by atoms with Crippen LogP contribution >= 0.6 is 12.2 Å². The number of aryl methyl sites for hydroxylation is 2. The lowest BCUT2D eigenvalue weighted by Crippen LogP contribution is -2.31. The summed E-state index contributed by atoms with van der Waals surface area (Å²) >= 11 is 5.07. The molecule has 0 unspecified atom stereocenters. The van der Waals surface area contributed by atoms with E-state index in [0.717, 1.165) is 12.8 Å². The highest BCUT2D eigenvalue weighted by Crippen LogP contribution is 2.06. The van der Waals surface area contributed by atoms with Crippen LogP contribution in [0.4, 0.5) is 0 Å². The molecule has 0 spiro atoms. The number of aromatic amines is 2. The van der Waals surface area contributed by atoms with Crippen LogP contribution in [-0.4, -0.2) is 19.1 Å². The predicted octanol–water partition coefficient (Wildman–Crippen LogP) is 0.886. The summed E-state index contributed by atoms with van der Waals surface area (Å²) in [5.74, 6) is 0. The third-order valence-corrected chi connectivity index (χ3v) is 3.15. The van der Waals surface area contributed by atoms with Crippen molar-refractivity contribution < 1.29 is 0 Å². The van der Waals surface area contributed by atoms with Crippen LogP contribution in [0.3, 0.4) is 0 Å². The molecule has 0 fully saturated rings. The van der Waals surface area contributed by atoms with E-state index in [1.807, 2.05) is 6.92 Å². The lowest BCUT2D eigenvalue weighted by Gasteiger charge is -2.05. The molecule has 0 radical (unpaired) electrons. The molecule has 0 bridgehead atoms. The van der Waals surface area contributed by atoms with E-state index >= 15 is 0 Å². The third-order valence-electron chi connectivity index (χ3n) is 2.78. The summed E-state index contributed by atoms with van der Waals surface area (Å²) in [6.45, 7) is 2.61. The van der Waals surface area contributed by atoms with Gasteiger partial charge in [-0.2, -0.15) is 0 Å². The number of hydrogen-bond donors (Lipinski definition) is 2. The van der Waals surface area contributed by atoms with Crippen LogP contribution in [0.2, 0.25) is 0 Å². The second kappa shape index (κ2) is 4.33. The van der Waals surface area contributed by atoms with Crippen molar-refractivity contribution in [2.45, 2.75) is 26.3 Å². The molecule has 2 aromatic heterocycles. The van der Waals surface area contributed by atoms with Gasteiger partial charge < -0.3 is 9.55 Å². The minimum Gasteiger partial charge on any atom is -0.316 e. The molecule has 0 aliphatic heterocycles. The molecule has 0 aromatic carbocycles. The van der Waals surface area contributed by atoms with E-state index in [-0.39, 0.29) is 0 Å². The quantitative estimate of drug-likeness (QED) is 0.799. The van der Waals surface area contributed by atoms with Gasteiger partial charge in [0.05, 0.1) is 0 Å². The first-order valence-electron chi connectivity index (χ1n) is 5.48. The molecule has 7 heteroatoms. The van der Waals surface area contributed by atoms with Gasteiger partial charge in [0.15, 0.2) is 10.3 Å². The first kappa shape index (κ1) is 11.8. The number of aromatic nitrogens is 4. The minimum atomic E-state index is -0.410. The van der Waals surface area contributed by atoms with Gasteiger partial charge in [0.1, 0.15) is 5.65 Å². The first-order valence-corrected chi connectivity index (χ1v) is 5.89. The van der Waals surface area contributed by atoms with Gasteiger partial charge in [-0.3, -0.25) is 14.3 Å². The Morgan fingerprint density at radius 3 is 2.65 bits per heavy atom. The summed E-state index contributed by atoms with van der Waals surface area (Å²) in [7, 11) is 1.70. The monoisotopic (exact) mass is 254 g/mol. The normalized spacial score (nSPS) is 11.2. The summed E-state index contributed by atoms with van der Waals surface area (Å²) in [5, 5.41) is 0. The summed E-state index contributed by atoms with van der Waals surface area (Å²) in [6.07, 6.45) is 1.84. The van der Waals surface area contributed by atoms with Gasteiger partial charge in [0, 0.05) is 13.6 Å². The Hall–Kier alpha value is -1.63. The Labute approximate surface area is 102 Å². The maximum Gasteiger partial charge on any atom is 0.330 e. The molecule has 0 aliphatic carbocycles. The molecule has 2 N–H and O–H groups in total. The van der Waals surface area contributed by atoms with Crippen molar-refractivity contribution in [1.29, 1.82) is 0 Å². The Morgan fingerprint density at radius 2 is 2.00 bits per heavy atom. The number of H-pyrrole nitrogens is 2. The number of hydrogen-bond acceptors (Lipinski definition) is 3. The van der Waals surface area contributed by atoms with E-state index in [4.69, 9.17) is 12.2 Å². The fourth-order valence-electron chi connectivity index (χ4n) is 1.81. The third kappa shape index (κ3) is 1.86. The van der Waals surface area contributed by atoms with Gasteiger partial charge >= 0.3 is 5.69 Å². The second-order valence-corrected chi connectivity index (χ2v) is 4.34. The van der Waals surface area contributed by atoms with Crippen molar-refractivity contribution in [3.05, 3.63) is 25.6 Å². The van der Waals surface area contributed by atoms with Gasteiger partial charge in [0.25, 0.3) is 5.56 Å². The average molecular weight is 254 g/mol. The Kier molecular flexibility index (Phi) is 3.01. The molecule has 0 aliphatic rings. The second-order valence-electron chi connectivity index (χ2n) is 3.95. The molecule has 0 amide bonds. The Balaban J connectivity index is 2.84. The molecule has 0 saturated heterocycles. The highest BCUT2D eigenvalue weighted by molar-refractivity contribution is 7.71. The highest BCUT2D eigenvalue weighted by Gasteiger charge is 2.11. The molecule has 2 aromatic rings. The average Bonchev–Trinajstić information content (AvgIpc) is 2.55. The summed E-state index contributed by atoms with van der Waals surface area (Å²) in [6, 6.07) is 0. The van der Waals surface area contributed by atoms with E-state index in [9.17, 15) is 9.59 Å². The topological polar surface area (TPSA) is 75.6 Å². The number of imidazole rings is 1. The molecule has 0 atom stereocenters. The van der Waals surface area contributed by atoms with E-state index in [1.54, 1.807) is 11.6 Å². The van der Waals surface area contributed by atoms with Crippen molar-refractivity contribution in [1.82, 2.24) is 19.1 Å². The number of rotatable bonds is 3. The van der Waals surface area contributed by atoms with Gasteiger partial charge in [-0.1, -0.05) is 13.3 Å². The molecular weight excluding hydrogens is 240 g/mol. The molecular formula is C10H14N4O2S. The summed E-state index contributed by atoms with van der Waals surface area (Å²) < 4.78 is 3.53. The van der Waals surface area contributed by atoms with Crippen molar-refractivity contribution in [2.75, 3.05) is 0 Å². The van der Waals surface area contributed by atoms with E-state index in [0.29, 0.717) is 22.5 Å². The number of unbranched alkanes of at least 4 members (excludes halogenated alkanes) is 1. The SMILES string of the molecule is CCCCn1c(=O)[nH]c(=O)c2c1[nH]c(=S)n2C. The molecule has 17 heavy (non-hydrogen) atoms. The van der Waals surface area contributed by atoms with Crippen LogP contribution in [0.25, 0.3) is 11.2 Å². The van der Waals surface area contributed by atoms with Crippen molar-refractivity contribution >= 4 is 23.4 Å². The fourth-order valence-corrected chi connectivity index (χ4v) is 2.00. The predicted molar refractivity (Wildman–Crippen MR) is 67.9 cm³/mol. The molecule has 6 nitrogen and oxygen atoms in total. The zero-order valence-corrected chi connectivity index (χ0v) is 10.6. The van der Waals surface area contributed by atoms with Crippen LogP contribution in [0, 0.1) is 4.77 Å². The number of nitrogens with one attached hydrogen (secondary N) is 2. The van der Waals surface area contributed by atoms with Crippen LogP contribution in [0.15, 0.2) is 9.59 Å². The number of fused-ring (bicyclic) bond motifs is 1. The van der Waals surface area contributed by atoms with Crippen LogP contribution in [0.5, 0.6) is 0 Å². The Morgan fingerprint density at radius 1 is 1.29 bits per heavy atom. The first-order chi connectivity index (χ1) is 8.06. The van der Waals surface area contributed by atoms with Crippen molar-refractivity contribution in [3.63, 3.8) is 0 Å². The fraction of sp³-hybridized carbons (Fsp3) is 0.500. The van der Waals surface area contributed by atoms with Gasteiger partial charge in [-0.05, 0) is 18.6 Å². The van der Waals surface area contributed by atoms with Crippen LogP contribution in [-0.2, 0) is 13.6 Å². The molecule has 2 heterocycles. The van der Waals surface area contributed by atoms with E-state index < -0.39 is 11.2 Å². The van der Waals surface area contributed by atoms with E-state index in [2.05, 4.69) is 9.97 Å². The van der Waals surface area contributed by atoms with Gasteiger partial charge in [-0.15, -0.1) is 0 Å². The summed E-state index contributed by atoms with van der Waals surface area (Å²) in [4.78, 5) is 28.6. The lowest BCUT2D eigenvalue weighted by atomic mass is 10.3. The van der Waals surface area contributed by atoms with Crippen LogP contribution in [0.1, 0.15) is 19.8 Å². The smallest absolute Gasteiger partial charge is 0.316 e. The molecule has 0 saturated carbocycles. The van der Waals surface area contributed by atoms with E-state index in [1.165, 1.54) is 4.57 Å². The zero-order valence-electron chi connectivity index (χ0n) is 9.74. The lowest BCUT2D eigenvalue weighted by molar-refractivity contribution is 0.613. The molecule has 92 valence electrons. The Bertz CT molecular complexity index is 718. The van der Waals surface area contributed by atoms with Crippen molar-refractivity contribution in [3.8, 4) is 0 Å². The standard InChI is InChI=1S/C10H14N4O2S/c1-3-4-5-14-7-6(8(15)12-9(14)16)13(2)10(17)11-7/h3-5H2,1-2H3,(H,11,17)(H,12,15,16). The molecule has 2 rings (SSSR count). The van der Waals surface area contributed by atoms with Gasteiger partial charge in [0.2, 0.25) is 0 Å². The number of nitrogens with zero attached hydrogens (tertiary/aromatic N) is 2. The highest BCUT2D eigenvalue weighted by atomic mass is 32.1. The minimum absolute atomic E-state index is 0.396. The van der Waals surface area contributed by atoms with Crippen molar-refractivity contribution in [2.24, 2.45) is 7.05 Å². The maximum atomic E-state index is 11.7. The summed E-state index contributed by atoms with van der Waals surface area (Å²) in [5.41, 5.74) is 0.103. The largest absolute Gasteiger partial charge is 0.330 e. The maximum absolute atomic E-state index is 11.7. The van der Waals surface area contributed by atoms with Gasteiger partial charge in [-0.25, -0.2) is 4.79 Å².